The maximum absolute atomic E-state index is 11.8. The van der Waals surface area contributed by atoms with E-state index in [1.807, 2.05) is 0 Å². The molecular formula is C19H30N2O8. The van der Waals surface area contributed by atoms with Gasteiger partial charge in [0.2, 0.25) is 0 Å². The Bertz CT molecular complexity index is 521. The van der Waals surface area contributed by atoms with Crippen LogP contribution in [0.3, 0.4) is 0 Å². The summed E-state index contributed by atoms with van der Waals surface area (Å²) in [6.07, 6.45) is 3.04. The summed E-state index contributed by atoms with van der Waals surface area (Å²) < 4.78 is 19.3. The lowest BCUT2D eigenvalue weighted by Crippen LogP contribution is -2.24. The molecule has 29 heavy (non-hydrogen) atoms. The van der Waals surface area contributed by atoms with Gasteiger partial charge in [-0.05, 0) is 34.1 Å². The van der Waals surface area contributed by atoms with Crippen molar-refractivity contribution in [3.8, 4) is 0 Å². The van der Waals surface area contributed by atoms with E-state index in [1.54, 1.807) is 27.7 Å². The van der Waals surface area contributed by atoms with Crippen LogP contribution < -0.4 is 10.6 Å². The Hall–Kier alpha value is -3.04. The minimum atomic E-state index is -0.770. The van der Waals surface area contributed by atoms with Crippen molar-refractivity contribution in [1.82, 2.24) is 10.6 Å². The molecule has 0 radical (unpaired) electrons. The van der Waals surface area contributed by atoms with E-state index < -0.39 is 23.9 Å². The van der Waals surface area contributed by atoms with Gasteiger partial charge in [-0.2, -0.15) is 0 Å². The summed E-state index contributed by atoms with van der Waals surface area (Å²) in [6.45, 7) is 7.87. The van der Waals surface area contributed by atoms with Gasteiger partial charge in [0.15, 0.2) is 11.1 Å². The number of rotatable bonds is 14. The summed E-state index contributed by atoms with van der Waals surface area (Å²) in [4.78, 5) is 47.2. The average Bonchev–Trinajstić information content (AvgIpc) is 2.67. The van der Waals surface area contributed by atoms with Crippen molar-refractivity contribution in [2.45, 2.75) is 34.1 Å². The molecule has 0 saturated carbocycles. The highest BCUT2D eigenvalue weighted by Crippen LogP contribution is 2.02. The largest absolute Gasteiger partial charge is 0.462 e. The summed E-state index contributed by atoms with van der Waals surface area (Å²) in [5.41, 5.74) is -0.457. The lowest BCUT2D eigenvalue weighted by Gasteiger charge is -2.09. The second kappa shape index (κ2) is 16.0. The van der Waals surface area contributed by atoms with Crippen molar-refractivity contribution >= 4 is 23.9 Å². The lowest BCUT2D eigenvalue weighted by molar-refractivity contribution is -0.148. The lowest BCUT2D eigenvalue weighted by atomic mass is 10.3. The Labute approximate surface area is 170 Å². The summed E-state index contributed by atoms with van der Waals surface area (Å²) >= 11 is 0. The van der Waals surface area contributed by atoms with Crippen LogP contribution in [-0.4, -0.2) is 63.4 Å². The Morgan fingerprint density at radius 3 is 1.10 bits per heavy atom. The van der Waals surface area contributed by atoms with Gasteiger partial charge in [0.25, 0.3) is 0 Å². The van der Waals surface area contributed by atoms with E-state index in [1.165, 1.54) is 12.4 Å². The smallest absolute Gasteiger partial charge is 0.347 e. The minimum absolute atomic E-state index is 0.134. The summed E-state index contributed by atoms with van der Waals surface area (Å²) in [7, 11) is 0. The molecule has 164 valence electrons. The molecule has 0 heterocycles. The fraction of sp³-hybridized carbons (Fsp3) is 0.579. The Morgan fingerprint density at radius 1 is 0.586 bits per heavy atom. The molecule has 0 atom stereocenters. The molecule has 0 aromatic carbocycles. The molecule has 0 amide bonds. The molecule has 0 aliphatic rings. The predicted octanol–water partition coefficient (Wildman–Crippen LogP) is 0.576. The molecule has 0 spiro atoms. The highest BCUT2D eigenvalue weighted by atomic mass is 16.6. The van der Waals surface area contributed by atoms with Crippen molar-refractivity contribution in [2.75, 3.05) is 39.5 Å². The third-order valence-electron chi connectivity index (χ3n) is 3.12. The monoisotopic (exact) mass is 414 g/mol. The van der Waals surface area contributed by atoms with E-state index in [2.05, 4.69) is 10.6 Å². The Balaban J connectivity index is 4.64. The van der Waals surface area contributed by atoms with E-state index >= 15 is 0 Å². The number of esters is 4. The molecule has 0 unspecified atom stereocenters. The molecule has 0 aliphatic carbocycles. The van der Waals surface area contributed by atoms with Crippen LogP contribution >= 0.6 is 0 Å². The zero-order chi connectivity index (χ0) is 22.1. The maximum Gasteiger partial charge on any atom is 0.347 e. The molecule has 0 rings (SSSR count). The van der Waals surface area contributed by atoms with Crippen LogP contribution in [0.1, 0.15) is 34.1 Å². The SMILES string of the molecule is CCOC(=O)C(=CNCCCNC=C(C(=O)OCC)C(=O)OCC)C(=O)OCC. The summed E-state index contributed by atoms with van der Waals surface area (Å²) in [6, 6.07) is 0. The minimum Gasteiger partial charge on any atom is -0.462 e. The van der Waals surface area contributed by atoms with Gasteiger partial charge in [0.05, 0.1) is 26.4 Å². The molecule has 2 N–H and O–H groups in total. The topological polar surface area (TPSA) is 129 Å². The number of carbonyl (C=O) groups is 4. The fourth-order valence-electron chi connectivity index (χ4n) is 1.88. The van der Waals surface area contributed by atoms with Crippen LogP contribution in [-0.2, 0) is 38.1 Å². The first-order valence-corrected chi connectivity index (χ1v) is 9.48. The molecule has 0 aromatic heterocycles. The highest BCUT2D eigenvalue weighted by Gasteiger charge is 2.21. The standard InChI is InChI=1S/C19H30N2O8/c1-5-26-16(22)14(17(23)27-6-2)12-20-10-9-11-21-13-15(18(24)28-7-3)19(25)29-8-4/h12-13,20-21H,5-11H2,1-4H3. The average molecular weight is 414 g/mol. The van der Waals surface area contributed by atoms with E-state index in [0.29, 0.717) is 19.5 Å². The normalized spacial score (nSPS) is 9.52. The van der Waals surface area contributed by atoms with E-state index in [0.717, 1.165) is 0 Å². The van der Waals surface area contributed by atoms with Gasteiger partial charge >= 0.3 is 23.9 Å². The third kappa shape index (κ3) is 10.8. The molecule has 10 heteroatoms. The molecule has 10 nitrogen and oxygen atoms in total. The zero-order valence-electron chi connectivity index (χ0n) is 17.4. The number of hydrogen-bond donors (Lipinski definition) is 2. The van der Waals surface area contributed by atoms with Gasteiger partial charge in [-0.3, -0.25) is 0 Å². The number of ether oxygens (including phenoxy) is 4. The van der Waals surface area contributed by atoms with Crippen LogP contribution in [0, 0.1) is 0 Å². The quantitative estimate of drug-likeness (QED) is 0.104. The Kier molecular flexibility index (Phi) is 14.3. The first-order chi connectivity index (χ1) is 13.9. The van der Waals surface area contributed by atoms with E-state index in [-0.39, 0.29) is 37.6 Å². The van der Waals surface area contributed by atoms with Crippen LogP contribution in [0.5, 0.6) is 0 Å². The van der Waals surface area contributed by atoms with E-state index in [9.17, 15) is 19.2 Å². The van der Waals surface area contributed by atoms with Crippen molar-refractivity contribution < 1.29 is 38.1 Å². The first-order valence-electron chi connectivity index (χ1n) is 9.48. The molecule has 0 aliphatic heterocycles. The molecule has 0 bridgehead atoms. The van der Waals surface area contributed by atoms with Crippen molar-refractivity contribution in [3.63, 3.8) is 0 Å². The maximum atomic E-state index is 11.8. The van der Waals surface area contributed by atoms with Crippen molar-refractivity contribution in [1.29, 1.82) is 0 Å². The van der Waals surface area contributed by atoms with Crippen molar-refractivity contribution in [3.05, 3.63) is 23.5 Å². The number of carbonyl (C=O) groups excluding carboxylic acids is 4. The van der Waals surface area contributed by atoms with Crippen molar-refractivity contribution in [2.24, 2.45) is 0 Å². The molecule has 0 aromatic rings. The van der Waals surface area contributed by atoms with Gasteiger partial charge in [-0.1, -0.05) is 0 Å². The molecule has 0 fully saturated rings. The van der Waals surface area contributed by atoms with E-state index in [4.69, 9.17) is 18.9 Å². The molecular weight excluding hydrogens is 384 g/mol. The van der Waals surface area contributed by atoms with Gasteiger partial charge in [-0.25, -0.2) is 19.2 Å². The van der Waals surface area contributed by atoms with Crippen LogP contribution in [0.2, 0.25) is 0 Å². The van der Waals surface area contributed by atoms with Crippen LogP contribution in [0.15, 0.2) is 23.5 Å². The Morgan fingerprint density at radius 2 is 0.862 bits per heavy atom. The highest BCUT2D eigenvalue weighted by molar-refractivity contribution is 6.14. The van der Waals surface area contributed by atoms with Crippen LogP contribution in [0.25, 0.3) is 0 Å². The van der Waals surface area contributed by atoms with Gasteiger partial charge < -0.3 is 29.6 Å². The molecule has 0 saturated heterocycles. The second-order valence-electron chi connectivity index (χ2n) is 5.26. The second-order valence-corrected chi connectivity index (χ2v) is 5.26. The first kappa shape index (κ1) is 26.0. The van der Waals surface area contributed by atoms with Gasteiger partial charge in [0, 0.05) is 25.5 Å². The fourth-order valence-corrected chi connectivity index (χ4v) is 1.88. The number of hydrogen-bond acceptors (Lipinski definition) is 10. The summed E-state index contributed by atoms with van der Waals surface area (Å²) in [5, 5.41) is 5.66. The predicted molar refractivity (Wildman–Crippen MR) is 103 cm³/mol. The summed E-state index contributed by atoms with van der Waals surface area (Å²) in [5.74, 6) is -3.08. The van der Waals surface area contributed by atoms with Gasteiger partial charge in [-0.15, -0.1) is 0 Å². The third-order valence-corrected chi connectivity index (χ3v) is 3.12. The number of nitrogens with one attached hydrogen (secondary N) is 2. The zero-order valence-corrected chi connectivity index (χ0v) is 17.4. The van der Waals surface area contributed by atoms with Crippen LogP contribution in [0.4, 0.5) is 0 Å². The van der Waals surface area contributed by atoms with Gasteiger partial charge in [0.1, 0.15) is 0 Å².